The lowest BCUT2D eigenvalue weighted by atomic mass is 9.83. The van der Waals surface area contributed by atoms with Crippen LogP contribution in [-0.4, -0.2) is 29.9 Å². The van der Waals surface area contributed by atoms with Crippen molar-refractivity contribution >= 4 is 5.84 Å². The first-order valence-corrected chi connectivity index (χ1v) is 4.35. The Labute approximate surface area is 67.1 Å². The van der Waals surface area contributed by atoms with Gasteiger partial charge in [-0.1, -0.05) is 0 Å². The maximum absolute atomic E-state index is 7.38. The van der Waals surface area contributed by atoms with E-state index in [0.29, 0.717) is 5.84 Å². The number of hydrogen-bond acceptors (Lipinski definition) is 2. The summed E-state index contributed by atoms with van der Waals surface area (Å²) in [5.74, 6) is 1.23. The highest BCUT2D eigenvalue weighted by Gasteiger charge is 2.34. The molecule has 3 aliphatic heterocycles. The Kier molecular flexibility index (Phi) is 1.60. The molecule has 0 aliphatic carbocycles. The zero-order valence-electron chi connectivity index (χ0n) is 6.71. The molecule has 0 aromatic carbocycles. The molecule has 0 aromatic rings. The van der Waals surface area contributed by atoms with E-state index in [2.05, 4.69) is 4.90 Å². The third-order valence-electron chi connectivity index (χ3n) is 3.01. The predicted molar refractivity (Wildman–Crippen MR) is 44.6 cm³/mol. The molecule has 3 nitrogen and oxygen atoms in total. The van der Waals surface area contributed by atoms with E-state index in [0.717, 1.165) is 25.4 Å². The third-order valence-corrected chi connectivity index (χ3v) is 3.01. The summed E-state index contributed by atoms with van der Waals surface area (Å²) in [4.78, 5) is 2.35. The topological polar surface area (TPSA) is 53.1 Å². The van der Waals surface area contributed by atoms with Crippen molar-refractivity contribution in [3.05, 3.63) is 0 Å². The van der Waals surface area contributed by atoms with Gasteiger partial charge < -0.3 is 5.73 Å². The molecule has 0 saturated carbocycles. The van der Waals surface area contributed by atoms with E-state index in [9.17, 15) is 0 Å². The molecular weight excluding hydrogens is 138 g/mol. The van der Waals surface area contributed by atoms with Crippen LogP contribution < -0.4 is 5.73 Å². The van der Waals surface area contributed by atoms with Crippen molar-refractivity contribution in [2.75, 3.05) is 13.1 Å². The molecule has 11 heavy (non-hydrogen) atoms. The van der Waals surface area contributed by atoms with E-state index < -0.39 is 0 Å². The van der Waals surface area contributed by atoms with Gasteiger partial charge in [0.1, 0.15) is 5.84 Å². The number of amidine groups is 1. The average Bonchev–Trinajstić information content (AvgIpc) is 2.06. The minimum absolute atomic E-state index is 0.280. The average molecular weight is 153 g/mol. The number of nitrogens with one attached hydrogen (secondary N) is 1. The second-order valence-electron chi connectivity index (χ2n) is 3.69. The molecule has 3 rings (SSSR count). The van der Waals surface area contributed by atoms with Crippen molar-refractivity contribution in [2.24, 2.45) is 11.7 Å². The molecule has 3 heterocycles. The van der Waals surface area contributed by atoms with Crippen LogP contribution in [0, 0.1) is 11.3 Å². The minimum Gasteiger partial charge on any atom is -0.386 e. The zero-order valence-corrected chi connectivity index (χ0v) is 6.71. The molecule has 3 saturated heterocycles. The lowest BCUT2D eigenvalue weighted by Crippen LogP contribution is -2.54. The van der Waals surface area contributed by atoms with E-state index in [1.165, 1.54) is 12.8 Å². The van der Waals surface area contributed by atoms with E-state index >= 15 is 0 Å². The number of rotatable bonds is 1. The normalized spacial score (nSPS) is 42.4. The van der Waals surface area contributed by atoms with Gasteiger partial charge >= 0.3 is 0 Å². The van der Waals surface area contributed by atoms with Crippen molar-refractivity contribution in [1.82, 2.24) is 4.90 Å². The van der Waals surface area contributed by atoms with Crippen molar-refractivity contribution in [3.63, 3.8) is 0 Å². The maximum atomic E-state index is 7.38. The number of nitrogens with two attached hydrogens (primary N) is 1. The fourth-order valence-corrected chi connectivity index (χ4v) is 2.29. The first kappa shape index (κ1) is 7.10. The Hall–Kier alpha value is -0.570. The van der Waals surface area contributed by atoms with Crippen molar-refractivity contribution in [1.29, 1.82) is 5.41 Å². The summed E-state index contributed by atoms with van der Waals surface area (Å²) < 4.78 is 0. The summed E-state index contributed by atoms with van der Waals surface area (Å²) in [5.41, 5.74) is 5.50. The van der Waals surface area contributed by atoms with Crippen LogP contribution in [0.15, 0.2) is 0 Å². The molecular formula is C8H15N3. The van der Waals surface area contributed by atoms with Crippen LogP contribution in [0.4, 0.5) is 0 Å². The lowest BCUT2D eigenvalue weighted by molar-refractivity contribution is 0.0819. The van der Waals surface area contributed by atoms with Crippen LogP contribution in [0.3, 0.4) is 0 Å². The van der Waals surface area contributed by atoms with Crippen LogP contribution in [0.5, 0.6) is 0 Å². The van der Waals surface area contributed by atoms with E-state index in [1.807, 2.05) is 0 Å². The highest BCUT2D eigenvalue weighted by Crippen LogP contribution is 2.31. The largest absolute Gasteiger partial charge is 0.386 e. The second-order valence-corrected chi connectivity index (χ2v) is 3.69. The standard InChI is InChI=1S/C8H15N3/c9-8(10)7-5-6-1-3-11(7)4-2-6/h6-7H,1-5H2,(H3,9,10). The van der Waals surface area contributed by atoms with Gasteiger partial charge in [-0.3, -0.25) is 10.3 Å². The number of nitrogens with zero attached hydrogens (tertiary/aromatic N) is 1. The summed E-state index contributed by atoms with van der Waals surface area (Å²) in [6, 6.07) is 0.280. The van der Waals surface area contributed by atoms with E-state index in [4.69, 9.17) is 11.1 Å². The second kappa shape index (κ2) is 2.48. The van der Waals surface area contributed by atoms with Gasteiger partial charge in [0.05, 0.1) is 6.04 Å². The highest BCUT2D eigenvalue weighted by atomic mass is 15.2. The van der Waals surface area contributed by atoms with Gasteiger partial charge in [-0.15, -0.1) is 0 Å². The Morgan fingerprint density at radius 3 is 2.27 bits per heavy atom. The summed E-state index contributed by atoms with van der Waals surface area (Å²) in [6.07, 6.45) is 3.78. The summed E-state index contributed by atoms with van der Waals surface area (Å²) in [7, 11) is 0. The Bertz CT molecular complexity index is 170. The molecule has 0 aromatic heterocycles. The van der Waals surface area contributed by atoms with Crippen LogP contribution in [0.1, 0.15) is 19.3 Å². The number of piperidine rings is 3. The van der Waals surface area contributed by atoms with Crippen LogP contribution in [0.25, 0.3) is 0 Å². The van der Waals surface area contributed by atoms with Gasteiger partial charge in [-0.05, 0) is 38.3 Å². The number of fused-ring (bicyclic) bond motifs is 3. The Balaban J connectivity index is 2.08. The van der Waals surface area contributed by atoms with Gasteiger partial charge in [-0.25, -0.2) is 0 Å². The molecule has 0 radical (unpaired) electrons. The summed E-state index contributed by atoms with van der Waals surface area (Å²) in [6.45, 7) is 2.32. The molecule has 1 unspecified atom stereocenters. The fraction of sp³-hybridized carbons (Fsp3) is 0.875. The summed E-state index contributed by atoms with van der Waals surface area (Å²) in [5, 5.41) is 7.38. The minimum atomic E-state index is 0.280. The van der Waals surface area contributed by atoms with Gasteiger partial charge in [0.25, 0.3) is 0 Å². The number of hydrogen-bond donors (Lipinski definition) is 2. The van der Waals surface area contributed by atoms with E-state index in [-0.39, 0.29) is 6.04 Å². The lowest BCUT2D eigenvalue weighted by Gasteiger charge is -2.44. The molecule has 62 valence electrons. The first-order chi connectivity index (χ1) is 5.27. The Morgan fingerprint density at radius 2 is 2.00 bits per heavy atom. The van der Waals surface area contributed by atoms with Gasteiger partial charge in [0, 0.05) is 0 Å². The molecule has 3 heteroatoms. The molecule has 0 amide bonds. The molecule has 3 N–H and O–H groups in total. The molecule has 2 bridgehead atoms. The van der Waals surface area contributed by atoms with Gasteiger partial charge in [-0.2, -0.15) is 0 Å². The predicted octanol–water partition coefficient (Wildman–Crippen LogP) is 0.407. The van der Waals surface area contributed by atoms with Crippen LogP contribution >= 0.6 is 0 Å². The van der Waals surface area contributed by atoms with Gasteiger partial charge in [0.2, 0.25) is 0 Å². The fourth-order valence-electron chi connectivity index (χ4n) is 2.29. The third kappa shape index (κ3) is 1.13. The van der Waals surface area contributed by atoms with Crippen molar-refractivity contribution < 1.29 is 0 Å². The Morgan fingerprint density at radius 1 is 1.36 bits per heavy atom. The smallest absolute Gasteiger partial charge is 0.108 e. The molecule has 3 aliphatic rings. The zero-order chi connectivity index (χ0) is 7.84. The first-order valence-electron chi connectivity index (χ1n) is 4.35. The monoisotopic (exact) mass is 153 g/mol. The van der Waals surface area contributed by atoms with Crippen molar-refractivity contribution in [3.8, 4) is 0 Å². The van der Waals surface area contributed by atoms with Crippen molar-refractivity contribution in [2.45, 2.75) is 25.3 Å². The highest BCUT2D eigenvalue weighted by molar-refractivity contribution is 5.82. The quantitative estimate of drug-likeness (QED) is 0.423. The van der Waals surface area contributed by atoms with Gasteiger partial charge in [0.15, 0.2) is 0 Å². The SMILES string of the molecule is N=C(N)C1CC2CCN1CC2. The molecule has 1 atom stereocenters. The summed E-state index contributed by atoms with van der Waals surface area (Å²) >= 11 is 0. The van der Waals surface area contributed by atoms with Crippen LogP contribution in [0.2, 0.25) is 0 Å². The maximum Gasteiger partial charge on any atom is 0.108 e. The van der Waals surface area contributed by atoms with Crippen LogP contribution in [-0.2, 0) is 0 Å². The van der Waals surface area contributed by atoms with E-state index in [1.54, 1.807) is 0 Å². The molecule has 3 fully saturated rings. The molecule has 0 spiro atoms.